The molecule has 1 saturated heterocycles. The van der Waals surface area contributed by atoms with Gasteiger partial charge in [0.2, 0.25) is 5.13 Å². The summed E-state index contributed by atoms with van der Waals surface area (Å²) in [4.78, 5) is 6.58. The number of aryl methyl sites for hydroxylation is 1. The minimum Gasteiger partial charge on any atom is -0.370 e. The summed E-state index contributed by atoms with van der Waals surface area (Å²) in [5.74, 6) is 0.832. The Hall–Kier alpha value is -0.720. The lowest BCUT2D eigenvalue weighted by molar-refractivity contribution is -0.0104. The van der Waals surface area contributed by atoms with Gasteiger partial charge in [0.25, 0.3) is 0 Å². The van der Waals surface area contributed by atoms with Crippen molar-refractivity contribution in [3.05, 3.63) is 5.82 Å². The molecule has 0 spiro atoms. The first-order chi connectivity index (χ1) is 7.19. The number of anilines is 1. The fourth-order valence-corrected chi connectivity index (χ4v) is 2.44. The van der Waals surface area contributed by atoms with Crippen LogP contribution in [0.2, 0.25) is 0 Å². The second kappa shape index (κ2) is 4.42. The number of aromatic nitrogens is 2. The topological polar surface area (TPSA) is 64.3 Å². The highest BCUT2D eigenvalue weighted by Crippen LogP contribution is 2.21. The van der Waals surface area contributed by atoms with Crippen molar-refractivity contribution < 1.29 is 4.74 Å². The smallest absolute Gasteiger partial charge is 0.205 e. The van der Waals surface area contributed by atoms with Crippen LogP contribution in [-0.2, 0) is 4.74 Å². The van der Waals surface area contributed by atoms with Crippen LogP contribution in [0.4, 0.5) is 5.13 Å². The molecule has 0 saturated carbocycles. The van der Waals surface area contributed by atoms with Crippen LogP contribution >= 0.6 is 11.5 Å². The molecule has 2 heterocycles. The van der Waals surface area contributed by atoms with Gasteiger partial charge in [-0.3, -0.25) is 0 Å². The molecule has 15 heavy (non-hydrogen) atoms. The quantitative estimate of drug-likeness (QED) is 0.793. The standard InChI is InChI=1S/C9H16N4OS/c1-6-4-13(5-8(3-10)14-6)9-11-7(2)12-15-9/h6,8H,3-5,10H2,1-2H3. The number of hydrogen-bond acceptors (Lipinski definition) is 6. The van der Waals surface area contributed by atoms with Crippen molar-refractivity contribution in [1.29, 1.82) is 0 Å². The number of morpholine rings is 1. The zero-order valence-electron chi connectivity index (χ0n) is 9.01. The first-order valence-corrected chi connectivity index (χ1v) is 5.87. The zero-order chi connectivity index (χ0) is 10.8. The average Bonchev–Trinajstić information content (AvgIpc) is 2.64. The Morgan fingerprint density at radius 3 is 3.00 bits per heavy atom. The van der Waals surface area contributed by atoms with Gasteiger partial charge < -0.3 is 15.4 Å². The van der Waals surface area contributed by atoms with Crippen LogP contribution in [0, 0.1) is 6.92 Å². The molecule has 6 heteroatoms. The van der Waals surface area contributed by atoms with Gasteiger partial charge in [0.1, 0.15) is 5.82 Å². The predicted octanol–water partition coefficient (Wildman–Crippen LogP) is 0.399. The Bertz CT molecular complexity index is 330. The van der Waals surface area contributed by atoms with Crippen molar-refractivity contribution in [2.24, 2.45) is 5.73 Å². The summed E-state index contributed by atoms with van der Waals surface area (Å²) in [7, 11) is 0. The zero-order valence-corrected chi connectivity index (χ0v) is 9.83. The van der Waals surface area contributed by atoms with Crippen molar-refractivity contribution in [3.63, 3.8) is 0 Å². The van der Waals surface area contributed by atoms with Gasteiger partial charge >= 0.3 is 0 Å². The molecule has 5 nitrogen and oxygen atoms in total. The molecule has 0 aromatic carbocycles. The molecule has 0 bridgehead atoms. The first kappa shape index (κ1) is 10.8. The maximum absolute atomic E-state index is 5.68. The van der Waals surface area contributed by atoms with Gasteiger partial charge in [0.15, 0.2) is 0 Å². The van der Waals surface area contributed by atoms with Gasteiger partial charge in [-0.1, -0.05) is 0 Å². The van der Waals surface area contributed by atoms with Gasteiger partial charge in [-0.25, -0.2) is 4.98 Å². The Kier molecular flexibility index (Phi) is 3.18. The van der Waals surface area contributed by atoms with Crippen molar-refractivity contribution in [2.45, 2.75) is 26.1 Å². The third kappa shape index (κ3) is 2.45. The molecular formula is C9H16N4OS. The molecule has 2 N–H and O–H groups in total. The highest BCUT2D eigenvalue weighted by molar-refractivity contribution is 7.09. The Morgan fingerprint density at radius 2 is 2.40 bits per heavy atom. The number of nitrogens with zero attached hydrogens (tertiary/aromatic N) is 3. The van der Waals surface area contributed by atoms with E-state index in [4.69, 9.17) is 10.5 Å². The van der Waals surface area contributed by atoms with Crippen LogP contribution < -0.4 is 10.6 Å². The van der Waals surface area contributed by atoms with E-state index in [-0.39, 0.29) is 12.2 Å². The fourth-order valence-electron chi connectivity index (χ4n) is 1.75. The number of rotatable bonds is 2. The molecule has 2 rings (SSSR count). The first-order valence-electron chi connectivity index (χ1n) is 5.10. The second-order valence-corrected chi connectivity index (χ2v) is 4.56. The molecule has 0 aliphatic carbocycles. The second-order valence-electron chi connectivity index (χ2n) is 3.83. The van der Waals surface area contributed by atoms with Gasteiger partial charge in [-0.15, -0.1) is 0 Å². The average molecular weight is 228 g/mol. The van der Waals surface area contributed by atoms with E-state index in [1.807, 2.05) is 6.92 Å². The van der Waals surface area contributed by atoms with Crippen molar-refractivity contribution >= 4 is 16.7 Å². The van der Waals surface area contributed by atoms with E-state index < -0.39 is 0 Å². The van der Waals surface area contributed by atoms with Crippen LogP contribution in [0.3, 0.4) is 0 Å². The lowest BCUT2D eigenvalue weighted by Gasteiger charge is -2.35. The molecule has 2 unspecified atom stereocenters. The van der Waals surface area contributed by atoms with E-state index in [1.165, 1.54) is 11.5 Å². The molecule has 1 aliphatic rings. The third-order valence-corrected chi connectivity index (χ3v) is 3.24. The molecular weight excluding hydrogens is 212 g/mol. The predicted molar refractivity (Wildman–Crippen MR) is 60.2 cm³/mol. The molecule has 1 aromatic rings. The minimum absolute atomic E-state index is 0.109. The number of nitrogens with two attached hydrogens (primary N) is 1. The molecule has 2 atom stereocenters. The van der Waals surface area contributed by atoms with Gasteiger partial charge in [-0.05, 0) is 13.8 Å². The Labute approximate surface area is 93.4 Å². The van der Waals surface area contributed by atoms with E-state index in [0.717, 1.165) is 24.0 Å². The number of hydrogen-bond donors (Lipinski definition) is 1. The lowest BCUT2D eigenvalue weighted by atomic mass is 10.2. The highest BCUT2D eigenvalue weighted by atomic mass is 32.1. The molecule has 1 aromatic heterocycles. The van der Waals surface area contributed by atoms with Crippen LogP contribution in [0.1, 0.15) is 12.7 Å². The van der Waals surface area contributed by atoms with Crippen LogP contribution in [0.5, 0.6) is 0 Å². The van der Waals surface area contributed by atoms with Crippen LogP contribution in [-0.4, -0.2) is 41.2 Å². The van der Waals surface area contributed by atoms with E-state index in [2.05, 4.69) is 21.2 Å². The summed E-state index contributed by atoms with van der Waals surface area (Å²) in [6, 6.07) is 0. The lowest BCUT2D eigenvalue weighted by Crippen LogP contribution is -2.49. The summed E-state index contributed by atoms with van der Waals surface area (Å²) in [6.07, 6.45) is 0.314. The van der Waals surface area contributed by atoms with Crippen molar-refractivity contribution in [3.8, 4) is 0 Å². The maximum Gasteiger partial charge on any atom is 0.205 e. The fraction of sp³-hybridized carbons (Fsp3) is 0.778. The van der Waals surface area contributed by atoms with Crippen molar-refractivity contribution in [2.75, 3.05) is 24.5 Å². The van der Waals surface area contributed by atoms with E-state index in [9.17, 15) is 0 Å². The van der Waals surface area contributed by atoms with E-state index in [1.54, 1.807) is 0 Å². The maximum atomic E-state index is 5.68. The Morgan fingerprint density at radius 1 is 1.60 bits per heavy atom. The minimum atomic E-state index is 0.109. The van der Waals surface area contributed by atoms with E-state index >= 15 is 0 Å². The van der Waals surface area contributed by atoms with Crippen molar-refractivity contribution in [1.82, 2.24) is 9.36 Å². The molecule has 1 fully saturated rings. The third-order valence-electron chi connectivity index (χ3n) is 2.38. The monoisotopic (exact) mass is 228 g/mol. The summed E-state index contributed by atoms with van der Waals surface area (Å²) in [5.41, 5.74) is 5.63. The SMILES string of the molecule is Cc1nsc(N2CC(C)OC(CN)C2)n1. The Balaban J connectivity index is 2.08. The largest absolute Gasteiger partial charge is 0.370 e. The summed E-state index contributed by atoms with van der Waals surface area (Å²) in [5, 5.41) is 0.973. The molecule has 0 amide bonds. The highest BCUT2D eigenvalue weighted by Gasteiger charge is 2.26. The summed E-state index contributed by atoms with van der Waals surface area (Å²) in [6.45, 7) is 6.20. The summed E-state index contributed by atoms with van der Waals surface area (Å²) >= 11 is 1.44. The molecule has 84 valence electrons. The van der Waals surface area contributed by atoms with Gasteiger partial charge in [0, 0.05) is 31.2 Å². The summed E-state index contributed by atoms with van der Waals surface area (Å²) < 4.78 is 9.87. The van der Waals surface area contributed by atoms with Gasteiger partial charge in [-0.2, -0.15) is 4.37 Å². The molecule has 1 aliphatic heterocycles. The molecule has 0 radical (unpaired) electrons. The normalized spacial score (nSPS) is 27.0. The van der Waals surface area contributed by atoms with Crippen LogP contribution in [0.25, 0.3) is 0 Å². The van der Waals surface area contributed by atoms with Gasteiger partial charge in [0.05, 0.1) is 12.2 Å². The van der Waals surface area contributed by atoms with E-state index in [0.29, 0.717) is 6.54 Å². The van der Waals surface area contributed by atoms with Crippen LogP contribution in [0.15, 0.2) is 0 Å². The number of ether oxygens (including phenoxy) is 1.